The molecule has 0 unspecified atom stereocenters. The number of hydrogen-bond donors (Lipinski definition) is 1. The highest BCUT2D eigenvalue weighted by Crippen LogP contribution is 2.31. The van der Waals surface area contributed by atoms with Crippen molar-refractivity contribution in [3.63, 3.8) is 0 Å². The Bertz CT molecular complexity index is 635. The minimum atomic E-state index is -1.16. The van der Waals surface area contributed by atoms with Crippen molar-refractivity contribution >= 4 is 5.97 Å². The zero-order valence-electron chi connectivity index (χ0n) is 11.3. The maximum Gasteiger partial charge on any atom is 0.335 e. The first-order valence-electron chi connectivity index (χ1n) is 6.27. The lowest BCUT2D eigenvalue weighted by Crippen LogP contribution is -2.06. The van der Waals surface area contributed by atoms with Crippen molar-refractivity contribution in [3.8, 4) is 16.9 Å². The fraction of sp³-hybridized carbons (Fsp3) is 0.188. The van der Waals surface area contributed by atoms with Gasteiger partial charge in [-0.1, -0.05) is 18.2 Å². The van der Waals surface area contributed by atoms with Crippen LogP contribution < -0.4 is 4.74 Å². The Kier molecular flexibility index (Phi) is 4.03. The van der Waals surface area contributed by atoms with E-state index in [0.29, 0.717) is 16.9 Å². The molecule has 0 aliphatic heterocycles. The van der Waals surface area contributed by atoms with Crippen molar-refractivity contribution in [2.45, 2.75) is 20.0 Å². The molecule has 0 saturated carbocycles. The molecular formula is C16H15FO3. The largest absolute Gasteiger partial charge is 0.490 e. The number of rotatable bonds is 4. The van der Waals surface area contributed by atoms with Gasteiger partial charge in [0.25, 0.3) is 0 Å². The van der Waals surface area contributed by atoms with E-state index in [4.69, 9.17) is 9.84 Å². The summed E-state index contributed by atoms with van der Waals surface area (Å²) >= 11 is 0. The lowest BCUT2D eigenvalue weighted by atomic mass is 10.0. The third-order valence-electron chi connectivity index (χ3n) is 2.71. The Morgan fingerprint density at radius 1 is 1.20 bits per heavy atom. The van der Waals surface area contributed by atoms with E-state index in [0.717, 1.165) is 6.07 Å². The molecule has 1 N–H and O–H groups in total. The summed E-state index contributed by atoms with van der Waals surface area (Å²) in [5.74, 6) is -1.14. The van der Waals surface area contributed by atoms with Gasteiger partial charge in [0.15, 0.2) is 0 Å². The van der Waals surface area contributed by atoms with Gasteiger partial charge in [-0.25, -0.2) is 9.18 Å². The summed E-state index contributed by atoms with van der Waals surface area (Å²) in [6, 6.07) is 10.9. The fourth-order valence-electron chi connectivity index (χ4n) is 1.93. The Morgan fingerprint density at radius 3 is 2.55 bits per heavy atom. The average molecular weight is 274 g/mol. The third-order valence-corrected chi connectivity index (χ3v) is 2.71. The molecule has 0 atom stereocenters. The van der Waals surface area contributed by atoms with Gasteiger partial charge in [-0.15, -0.1) is 0 Å². The zero-order chi connectivity index (χ0) is 14.7. The zero-order valence-corrected chi connectivity index (χ0v) is 11.3. The molecule has 2 aromatic rings. The van der Waals surface area contributed by atoms with Crippen LogP contribution in [0.4, 0.5) is 4.39 Å². The van der Waals surface area contributed by atoms with E-state index < -0.39 is 11.8 Å². The summed E-state index contributed by atoms with van der Waals surface area (Å²) in [7, 11) is 0. The van der Waals surface area contributed by atoms with E-state index >= 15 is 0 Å². The molecule has 0 spiro atoms. The maximum atomic E-state index is 13.6. The van der Waals surface area contributed by atoms with Gasteiger partial charge in [0.05, 0.1) is 11.7 Å². The number of carbonyl (C=O) groups is 1. The van der Waals surface area contributed by atoms with E-state index in [1.807, 2.05) is 19.9 Å². The summed E-state index contributed by atoms with van der Waals surface area (Å²) in [6.07, 6.45) is -0.0244. The molecule has 3 nitrogen and oxygen atoms in total. The summed E-state index contributed by atoms with van der Waals surface area (Å²) in [5, 5.41) is 9.00. The van der Waals surface area contributed by atoms with Gasteiger partial charge < -0.3 is 9.84 Å². The normalized spacial score (nSPS) is 10.6. The second-order valence-electron chi connectivity index (χ2n) is 4.70. The van der Waals surface area contributed by atoms with Crippen molar-refractivity contribution in [1.82, 2.24) is 0 Å². The molecule has 4 heteroatoms. The topological polar surface area (TPSA) is 46.5 Å². The van der Waals surface area contributed by atoms with Crippen LogP contribution in [0.15, 0.2) is 42.5 Å². The van der Waals surface area contributed by atoms with Crippen molar-refractivity contribution in [2.24, 2.45) is 0 Å². The van der Waals surface area contributed by atoms with Gasteiger partial charge in [0, 0.05) is 5.56 Å². The smallest absolute Gasteiger partial charge is 0.335 e. The van der Waals surface area contributed by atoms with Crippen molar-refractivity contribution in [1.29, 1.82) is 0 Å². The summed E-state index contributed by atoms with van der Waals surface area (Å²) in [6.45, 7) is 3.79. The highest BCUT2D eigenvalue weighted by molar-refractivity contribution is 5.89. The minimum absolute atomic E-state index is 0.0244. The monoisotopic (exact) mass is 274 g/mol. The first-order chi connectivity index (χ1) is 9.47. The second kappa shape index (κ2) is 5.74. The summed E-state index contributed by atoms with van der Waals surface area (Å²) < 4.78 is 19.2. The molecule has 0 heterocycles. The number of halogens is 1. The predicted octanol–water partition coefficient (Wildman–Crippen LogP) is 3.98. The SMILES string of the molecule is CC(C)Oc1ccccc1-c1cc(F)cc(C(=O)O)c1. The van der Waals surface area contributed by atoms with Gasteiger partial charge in [-0.3, -0.25) is 0 Å². The number of benzene rings is 2. The molecule has 2 aromatic carbocycles. The maximum absolute atomic E-state index is 13.6. The number of aromatic carboxylic acids is 1. The number of carboxylic acid groups (broad SMARTS) is 1. The van der Waals surface area contributed by atoms with E-state index in [9.17, 15) is 9.18 Å². The van der Waals surface area contributed by atoms with E-state index in [1.54, 1.807) is 18.2 Å². The van der Waals surface area contributed by atoms with Crippen LogP contribution in [0.1, 0.15) is 24.2 Å². The van der Waals surface area contributed by atoms with Crippen LogP contribution in [0, 0.1) is 5.82 Å². The highest BCUT2D eigenvalue weighted by Gasteiger charge is 2.12. The van der Waals surface area contributed by atoms with Gasteiger partial charge in [0.2, 0.25) is 0 Å². The summed E-state index contributed by atoms with van der Waals surface area (Å²) in [4.78, 5) is 11.0. The number of para-hydroxylation sites is 1. The molecule has 0 fully saturated rings. The van der Waals surface area contributed by atoms with Crippen LogP contribution in [-0.2, 0) is 0 Å². The predicted molar refractivity (Wildman–Crippen MR) is 74.6 cm³/mol. The first kappa shape index (κ1) is 14.1. The molecule has 104 valence electrons. The highest BCUT2D eigenvalue weighted by atomic mass is 19.1. The quantitative estimate of drug-likeness (QED) is 0.917. The number of hydrogen-bond acceptors (Lipinski definition) is 2. The van der Waals surface area contributed by atoms with Crippen LogP contribution >= 0.6 is 0 Å². The van der Waals surface area contributed by atoms with Gasteiger partial charge >= 0.3 is 5.97 Å². The molecule has 20 heavy (non-hydrogen) atoms. The Labute approximate surface area is 116 Å². The first-order valence-corrected chi connectivity index (χ1v) is 6.27. The van der Waals surface area contributed by atoms with Crippen LogP contribution in [0.3, 0.4) is 0 Å². The van der Waals surface area contributed by atoms with Gasteiger partial charge in [-0.05, 0) is 43.7 Å². The molecule has 2 rings (SSSR count). The van der Waals surface area contributed by atoms with Crippen molar-refractivity contribution in [3.05, 3.63) is 53.8 Å². The molecule has 0 saturated heterocycles. The standard InChI is InChI=1S/C16H15FO3/c1-10(2)20-15-6-4-3-5-14(15)11-7-12(16(18)19)9-13(17)8-11/h3-10H,1-2H3,(H,18,19). The van der Waals surface area contributed by atoms with Crippen molar-refractivity contribution in [2.75, 3.05) is 0 Å². The molecule has 0 aliphatic rings. The van der Waals surface area contributed by atoms with Crippen LogP contribution in [0.25, 0.3) is 11.1 Å². The van der Waals surface area contributed by atoms with Crippen molar-refractivity contribution < 1.29 is 19.0 Å². The fourth-order valence-corrected chi connectivity index (χ4v) is 1.93. The lowest BCUT2D eigenvalue weighted by Gasteiger charge is -2.14. The van der Waals surface area contributed by atoms with Gasteiger partial charge in [0.1, 0.15) is 11.6 Å². The molecule has 0 amide bonds. The Hall–Kier alpha value is -2.36. The van der Waals surface area contributed by atoms with Gasteiger partial charge in [-0.2, -0.15) is 0 Å². The molecule has 0 aliphatic carbocycles. The molecule has 0 aromatic heterocycles. The van der Waals surface area contributed by atoms with E-state index in [1.165, 1.54) is 12.1 Å². The van der Waals surface area contributed by atoms with Crippen LogP contribution in [0.2, 0.25) is 0 Å². The summed E-state index contributed by atoms with van der Waals surface area (Å²) in [5.41, 5.74) is 1.07. The van der Waals surface area contributed by atoms with Crippen LogP contribution in [-0.4, -0.2) is 17.2 Å². The minimum Gasteiger partial charge on any atom is -0.490 e. The van der Waals surface area contributed by atoms with E-state index in [2.05, 4.69) is 0 Å². The Balaban J connectivity index is 2.53. The molecule has 0 bridgehead atoms. The number of ether oxygens (including phenoxy) is 1. The molecular weight excluding hydrogens is 259 g/mol. The van der Waals surface area contributed by atoms with E-state index in [-0.39, 0.29) is 11.7 Å². The average Bonchev–Trinajstić information content (AvgIpc) is 2.37. The second-order valence-corrected chi connectivity index (χ2v) is 4.70. The molecule has 0 radical (unpaired) electrons. The lowest BCUT2D eigenvalue weighted by molar-refractivity contribution is 0.0696. The number of carboxylic acids is 1. The third kappa shape index (κ3) is 3.15. The van der Waals surface area contributed by atoms with Crippen LogP contribution in [0.5, 0.6) is 5.75 Å². The Morgan fingerprint density at radius 2 is 1.90 bits per heavy atom.